The summed E-state index contributed by atoms with van der Waals surface area (Å²) in [4.78, 5) is 4.33. The van der Waals surface area contributed by atoms with Gasteiger partial charge in [0.1, 0.15) is 0 Å². The number of sulfonamides is 1. The van der Waals surface area contributed by atoms with Crippen molar-refractivity contribution in [2.24, 2.45) is 0 Å². The van der Waals surface area contributed by atoms with Gasteiger partial charge in [-0.25, -0.2) is 12.7 Å². The Kier molecular flexibility index (Phi) is 5.22. The van der Waals surface area contributed by atoms with E-state index in [9.17, 15) is 8.42 Å². The molecular weight excluding hydrogens is 318 g/mol. The van der Waals surface area contributed by atoms with Crippen molar-refractivity contribution in [3.8, 4) is 0 Å². The lowest BCUT2D eigenvalue weighted by atomic mass is 10.2. The summed E-state index contributed by atoms with van der Waals surface area (Å²) in [5.41, 5.74) is 1.46. The minimum Gasteiger partial charge on any atom is -0.384 e. The molecule has 0 saturated carbocycles. The first-order chi connectivity index (χ1) is 10.8. The van der Waals surface area contributed by atoms with Gasteiger partial charge in [0.15, 0.2) is 5.82 Å². The van der Waals surface area contributed by atoms with Gasteiger partial charge in [0, 0.05) is 20.6 Å². The predicted molar refractivity (Wildman–Crippen MR) is 87.8 cm³/mol. The number of nitrogens with zero attached hydrogens (tertiary/aromatic N) is 3. The van der Waals surface area contributed by atoms with Crippen LogP contribution in [0.3, 0.4) is 0 Å². The number of hydrogen-bond acceptors (Lipinski definition) is 7. The first kappa shape index (κ1) is 17.2. The monoisotopic (exact) mass is 339 g/mol. The van der Waals surface area contributed by atoms with Gasteiger partial charge in [-0.2, -0.15) is 4.98 Å². The Labute approximate surface area is 135 Å². The lowest BCUT2D eigenvalue weighted by Crippen LogP contribution is -2.22. The van der Waals surface area contributed by atoms with Gasteiger partial charge in [0.2, 0.25) is 15.9 Å². The van der Waals surface area contributed by atoms with E-state index < -0.39 is 10.0 Å². The van der Waals surface area contributed by atoms with Crippen molar-refractivity contribution in [3.63, 3.8) is 0 Å². The lowest BCUT2D eigenvalue weighted by molar-refractivity contribution is 0.379. The average Bonchev–Trinajstić information content (AvgIpc) is 2.91. The molecule has 0 bridgehead atoms. The topological polar surface area (TPSA) is 100 Å². The van der Waals surface area contributed by atoms with E-state index in [-0.39, 0.29) is 4.90 Å². The van der Waals surface area contributed by atoms with Crippen LogP contribution >= 0.6 is 0 Å². The highest BCUT2D eigenvalue weighted by molar-refractivity contribution is 7.89. The highest BCUT2D eigenvalue weighted by atomic mass is 32.2. The van der Waals surface area contributed by atoms with E-state index in [1.165, 1.54) is 18.4 Å². The fraction of sp³-hybridized carbons (Fsp3) is 0.429. The van der Waals surface area contributed by atoms with Crippen molar-refractivity contribution in [1.29, 1.82) is 0 Å². The van der Waals surface area contributed by atoms with Crippen molar-refractivity contribution in [1.82, 2.24) is 14.4 Å². The fourth-order valence-corrected chi connectivity index (χ4v) is 2.90. The summed E-state index contributed by atoms with van der Waals surface area (Å²) in [7, 11) is -0.492. The predicted octanol–water partition coefficient (Wildman–Crippen LogP) is 1.67. The van der Waals surface area contributed by atoms with Gasteiger partial charge < -0.3 is 15.2 Å². The van der Waals surface area contributed by atoms with Gasteiger partial charge in [-0.1, -0.05) is 5.16 Å². The molecule has 2 aromatic rings. The van der Waals surface area contributed by atoms with Crippen LogP contribution in [0, 0.1) is 6.92 Å². The third-order valence-corrected chi connectivity index (χ3v) is 4.95. The Morgan fingerprint density at radius 1 is 1.22 bits per heavy atom. The molecule has 0 fully saturated rings. The number of anilines is 2. The summed E-state index contributed by atoms with van der Waals surface area (Å²) in [6.45, 7) is 4.73. The molecular formula is C14H21N5O3S. The van der Waals surface area contributed by atoms with Gasteiger partial charge >= 0.3 is 0 Å². The maximum atomic E-state index is 12.3. The standard InChI is InChI=1S/C14H21N5O3S/c1-5-15-12-7-6-11(23(20,21)19(3)4)8-13(12)16-9-14-17-10(2)18-22-14/h6-8,15-16H,5,9H2,1-4H3. The smallest absolute Gasteiger partial charge is 0.245 e. The molecule has 0 amide bonds. The van der Waals surface area contributed by atoms with Gasteiger partial charge in [0.25, 0.3) is 0 Å². The van der Waals surface area contributed by atoms with E-state index >= 15 is 0 Å². The largest absolute Gasteiger partial charge is 0.384 e. The Bertz CT molecular complexity index is 770. The van der Waals surface area contributed by atoms with Crippen LogP contribution in [-0.2, 0) is 16.6 Å². The van der Waals surface area contributed by atoms with E-state index in [0.29, 0.717) is 30.5 Å². The summed E-state index contributed by atoms with van der Waals surface area (Å²) >= 11 is 0. The van der Waals surface area contributed by atoms with Crippen molar-refractivity contribution >= 4 is 21.4 Å². The molecule has 1 aromatic heterocycles. The van der Waals surface area contributed by atoms with Crippen LogP contribution in [0.25, 0.3) is 0 Å². The first-order valence-electron chi connectivity index (χ1n) is 7.18. The summed E-state index contributed by atoms with van der Waals surface area (Å²) < 4.78 is 30.8. The molecule has 0 radical (unpaired) electrons. The number of aryl methyl sites for hydroxylation is 1. The molecule has 0 atom stereocenters. The highest BCUT2D eigenvalue weighted by Crippen LogP contribution is 2.27. The second-order valence-corrected chi connectivity index (χ2v) is 7.27. The van der Waals surface area contributed by atoms with E-state index in [1.807, 2.05) is 6.92 Å². The molecule has 2 N–H and O–H groups in total. The van der Waals surface area contributed by atoms with Crippen molar-refractivity contribution in [3.05, 3.63) is 29.9 Å². The van der Waals surface area contributed by atoms with Crippen molar-refractivity contribution in [2.75, 3.05) is 31.3 Å². The molecule has 0 spiro atoms. The normalized spacial score (nSPS) is 11.7. The van der Waals surface area contributed by atoms with Crippen LogP contribution in [0.5, 0.6) is 0 Å². The van der Waals surface area contributed by atoms with E-state index in [2.05, 4.69) is 20.8 Å². The minimum atomic E-state index is -3.50. The van der Waals surface area contributed by atoms with E-state index in [4.69, 9.17) is 4.52 Å². The zero-order valence-corrected chi connectivity index (χ0v) is 14.4. The molecule has 0 saturated heterocycles. The second kappa shape index (κ2) is 6.97. The zero-order chi connectivity index (χ0) is 17.0. The Morgan fingerprint density at radius 2 is 1.96 bits per heavy atom. The third-order valence-electron chi connectivity index (χ3n) is 3.14. The van der Waals surface area contributed by atoms with Crippen molar-refractivity contribution < 1.29 is 12.9 Å². The molecule has 23 heavy (non-hydrogen) atoms. The van der Waals surface area contributed by atoms with Gasteiger partial charge in [-0.05, 0) is 32.0 Å². The van der Waals surface area contributed by atoms with Crippen LogP contribution in [-0.4, -0.2) is 43.5 Å². The summed E-state index contributed by atoms with van der Waals surface area (Å²) in [5.74, 6) is 0.989. The summed E-state index contributed by atoms with van der Waals surface area (Å²) in [6, 6.07) is 4.91. The van der Waals surface area contributed by atoms with E-state index in [1.54, 1.807) is 25.1 Å². The van der Waals surface area contributed by atoms with Gasteiger partial charge in [-0.3, -0.25) is 0 Å². The summed E-state index contributed by atoms with van der Waals surface area (Å²) in [5, 5.41) is 10.0. The third kappa shape index (κ3) is 3.99. The average molecular weight is 339 g/mol. The van der Waals surface area contributed by atoms with E-state index in [0.717, 1.165) is 5.69 Å². The molecule has 1 aromatic carbocycles. The Morgan fingerprint density at radius 3 is 2.52 bits per heavy atom. The van der Waals surface area contributed by atoms with Crippen molar-refractivity contribution in [2.45, 2.75) is 25.3 Å². The molecule has 126 valence electrons. The van der Waals surface area contributed by atoms with Crippen LogP contribution < -0.4 is 10.6 Å². The molecule has 0 unspecified atom stereocenters. The zero-order valence-electron chi connectivity index (χ0n) is 13.6. The van der Waals surface area contributed by atoms with Crippen LogP contribution in [0.1, 0.15) is 18.6 Å². The number of rotatable bonds is 7. The number of hydrogen-bond donors (Lipinski definition) is 2. The molecule has 2 rings (SSSR count). The fourth-order valence-electron chi connectivity index (χ4n) is 1.97. The molecule has 0 aliphatic carbocycles. The van der Waals surface area contributed by atoms with Crippen LogP contribution in [0.4, 0.5) is 11.4 Å². The second-order valence-electron chi connectivity index (χ2n) is 5.11. The first-order valence-corrected chi connectivity index (χ1v) is 8.62. The molecule has 9 heteroatoms. The van der Waals surface area contributed by atoms with Crippen LogP contribution in [0.15, 0.2) is 27.6 Å². The summed E-state index contributed by atoms with van der Waals surface area (Å²) in [6.07, 6.45) is 0. The maximum Gasteiger partial charge on any atom is 0.245 e. The van der Waals surface area contributed by atoms with Gasteiger partial charge in [0.05, 0.1) is 22.8 Å². The number of nitrogens with one attached hydrogen (secondary N) is 2. The molecule has 1 heterocycles. The highest BCUT2D eigenvalue weighted by Gasteiger charge is 2.19. The molecule has 0 aliphatic heterocycles. The molecule has 0 aliphatic rings. The van der Waals surface area contributed by atoms with Crippen LogP contribution in [0.2, 0.25) is 0 Å². The Hall–Kier alpha value is -2.13. The number of benzene rings is 1. The quantitative estimate of drug-likeness (QED) is 0.791. The number of aromatic nitrogens is 2. The maximum absolute atomic E-state index is 12.3. The van der Waals surface area contributed by atoms with Gasteiger partial charge in [-0.15, -0.1) is 0 Å². The molecule has 8 nitrogen and oxygen atoms in total. The SMILES string of the molecule is CCNc1ccc(S(=O)(=O)N(C)C)cc1NCc1nc(C)no1. The Balaban J connectivity index is 2.30. The lowest BCUT2D eigenvalue weighted by Gasteiger charge is -2.16. The minimum absolute atomic E-state index is 0.216.